The van der Waals surface area contributed by atoms with Gasteiger partial charge in [0.15, 0.2) is 5.89 Å². The molecular formula is C19H24N4O2. The van der Waals surface area contributed by atoms with Crippen LogP contribution in [0.1, 0.15) is 59.2 Å². The van der Waals surface area contributed by atoms with Gasteiger partial charge in [0.05, 0.1) is 5.69 Å². The molecule has 0 aromatic carbocycles. The number of carbonyl (C=O) groups is 1. The van der Waals surface area contributed by atoms with Crippen molar-refractivity contribution in [3.63, 3.8) is 0 Å². The highest BCUT2D eigenvalue weighted by Gasteiger charge is 2.30. The van der Waals surface area contributed by atoms with Gasteiger partial charge in [-0.25, -0.2) is 4.98 Å². The number of pyridine rings is 1. The smallest absolute Gasteiger partial charge is 0.270 e. The van der Waals surface area contributed by atoms with E-state index in [4.69, 9.17) is 4.42 Å². The van der Waals surface area contributed by atoms with Crippen LogP contribution in [0.15, 0.2) is 29.0 Å². The number of likely N-dealkylation sites (tertiary alicyclic amines) is 1. The second kappa shape index (κ2) is 6.96. The SMILES string of the molecule is Cc1cccnc1C(=O)NCC1CCCN1Cc1coc(C2CC2)n1. The maximum Gasteiger partial charge on any atom is 0.270 e. The molecule has 0 radical (unpaired) electrons. The van der Waals surface area contributed by atoms with Crippen LogP contribution in [0.4, 0.5) is 0 Å². The third kappa shape index (κ3) is 3.74. The van der Waals surface area contributed by atoms with Crippen molar-refractivity contribution >= 4 is 5.91 Å². The summed E-state index contributed by atoms with van der Waals surface area (Å²) in [4.78, 5) is 23.5. The molecule has 3 heterocycles. The van der Waals surface area contributed by atoms with Gasteiger partial charge in [-0.2, -0.15) is 0 Å². The van der Waals surface area contributed by atoms with E-state index in [0.29, 0.717) is 24.2 Å². The predicted octanol–water partition coefficient (Wildman–Crippen LogP) is 2.65. The molecule has 2 fully saturated rings. The van der Waals surface area contributed by atoms with Crippen molar-refractivity contribution in [1.29, 1.82) is 0 Å². The molecule has 0 bridgehead atoms. The normalized spacial score (nSPS) is 20.8. The van der Waals surface area contributed by atoms with E-state index in [1.54, 1.807) is 12.5 Å². The second-order valence-electron chi connectivity index (χ2n) is 7.10. The van der Waals surface area contributed by atoms with Crippen LogP contribution in [0.2, 0.25) is 0 Å². The van der Waals surface area contributed by atoms with Gasteiger partial charge in [0.1, 0.15) is 12.0 Å². The Morgan fingerprint density at radius 3 is 3.08 bits per heavy atom. The lowest BCUT2D eigenvalue weighted by atomic mass is 10.2. The highest BCUT2D eigenvalue weighted by Crippen LogP contribution is 2.39. The highest BCUT2D eigenvalue weighted by molar-refractivity contribution is 5.93. The first-order chi connectivity index (χ1) is 12.2. The molecule has 0 spiro atoms. The number of rotatable bonds is 6. The van der Waals surface area contributed by atoms with E-state index in [1.165, 1.54) is 12.8 Å². The van der Waals surface area contributed by atoms with Gasteiger partial charge < -0.3 is 9.73 Å². The molecule has 1 unspecified atom stereocenters. The van der Waals surface area contributed by atoms with Crippen molar-refractivity contribution in [3.05, 3.63) is 47.4 Å². The van der Waals surface area contributed by atoms with E-state index in [1.807, 2.05) is 19.1 Å². The fourth-order valence-corrected chi connectivity index (χ4v) is 3.47. The molecule has 1 N–H and O–H groups in total. The molecule has 132 valence electrons. The lowest BCUT2D eigenvalue weighted by Gasteiger charge is -2.23. The first-order valence-electron chi connectivity index (χ1n) is 9.09. The predicted molar refractivity (Wildman–Crippen MR) is 93.2 cm³/mol. The fourth-order valence-electron chi connectivity index (χ4n) is 3.47. The zero-order valence-electron chi connectivity index (χ0n) is 14.6. The number of amides is 1. The van der Waals surface area contributed by atoms with Gasteiger partial charge in [-0.1, -0.05) is 6.07 Å². The van der Waals surface area contributed by atoms with Crippen molar-refractivity contribution in [2.24, 2.45) is 0 Å². The van der Waals surface area contributed by atoms with Crippen LogP contribution in [0.5, 0.6) is 0 Å². The van der Waals surface area contributed by atoms with Crippen molar-refractivity contribution in [2.75, 3.05) is 13.1 Å². The minimum absolute atomic E-state index is 0.0950. The Balaban J connectivity index is 1.33. The van der Waals surface area contributed by atoms with Gasteiger partial charge in [0, 0.05) is 31.2 Å². The van der Waals surface area contributed by atoms with Crippen molar-refractivity contribution in [2.45, 2.75) is 51.1 Å². The number of nitrogens with one attached hydrogen (secondary N) is 1. The molecule has 6 heteroatoms. The molecular weight excluding hydrogens is 316 g/mol. The molecule has 1 amide bonds. The van der Waals surface area contributed by atoms with Crippen LogP contribution >= 0.6 is 0 Å². The summed E-state index contributed by atoms with van der Waals surface area (Å²) in [6, 6.07) is 4.10. The standard InChI is InChI=1S/C19H24N4O2/c1-13-4-2-8-20-17(13)18(24)21-10-16-5-3-9-23(16)11-15-12-25-19(22-15)14-6-7-14/h2,4,8,12,14,16H,3,5-7,9-11H2,1H3,(H,21,24). The second-order valence-corrected chi connectivity index (χ2v) is 7.10. The summed E-state index contributed by atoms with van der Waals surface area (Å²) in [5.41, 5.74) is 2.41. The van der Waals surface area contributed by atoms with Crippen molar-refractivity contribution in [1.82, 2.24) is 20.2 Å². The Bertz CT molecular complexity index is 753. The van der Waals surface area contributed by atoms with Crippen LogP contribution in [-0.2, 0) is 6.54 Å². The van der Waals surface area contributed by atoms with Gasteiger partial charge in [-0.15, -0.1) is 0 Å². The zero-order valence-corrected chi connectivity index (χ0v) is 14.6. The Kier molecular flexibility index (Phi) is 4.53. The molecule has 2 aromatic heterocycles. The number of hydrogen-bond donors (Lipinski definition) is 1. The van der Waals surface area contributed by atoms with Crippen LogP contribution in [0.3, 0.4) is 0 Å². The van der Waals surface area contributed by atoms with E-state index in [9.17, 15) is 4.79 Å². The first kappa shape index (κ1) is 16.3. The van der Waals surface area contributed by atoms with Crippen LogP contribution in [0, 0.1) is 6.92 Å². The molecule has 4 rings (SSSR count). The lowest BCUT2D eigenvalue weighted by molar-refractivity contribution is 0.0934. The zero-order chi connectivity index (χ0) is 17.2. The fraction of sp³-hybridized carbons (Fsp3) is 0.526. The monoisotopic (exact) mass is 340 g/mol. The summed E-state index contributed by atoms with van der Waals surface area (Å²) in [6.07, 6.45) is 8.09. The average molecular weight is 340 g/mol. The van der Waals surface area contributed by atoms with Crippen molar-refractivity contribution in [3.8, 4) is 0 Å². The maximum absolute atomic E-state index is 12.4. The molecule has 25 heavy (non-hydrogen) atoms. The van der Waals surface area contributed by atoms with E-state index in [0.717, 1.165) is 43.1 Å². The minimum atomic E-state index is -0.0950. The van der Waals surface area contributed by atoms with Gasteiger partial charge in [0.2, 0.25) is 0 Å². The summed E-state index contributed by atoms with van der Waals surface area (Å²) < 4.78 is 5.59. The average Bonchev–Trinajstić information content (AvgIpc) is 3.20. The van der Waals surface area contributed by atoms with E-state index in [2.05, 4.69) is 20.2 Å². The molecule has 1 saturated carbocycles. The molecule has 2 aliphatic rings. The van der Waals surface area contributed by atoms with Gasteiger partial charge in [0.25, 0.3) is 5.91 Å². The summed E-state index contributed by atoms with van der Waals surface area (Å²) in [6.45, 7) is 4.38. The van der Waals surface area contributed by atoms with E-state index < -0.39 is 0 Å². The molecule has 1 atom stereocenters. The van der Waals surface area contributed by atoms with Gasteiger partial charge >= 0.3 is 0 Å². The van der Waals surface area contributed by atoms with E-state index >= 15 is 0 Å². The third-order valence-electron chi connectivity index (χ3n) is 5.08. The summed E-state index contributed by atoms with van der Waals surface area (Å²) in [5, 5.41) is 3.04. The lowest BCUT2D eigenvalue weighted by Crippen LogP contribution is -2.40. The highest BCUT2D eigenvalue weighted by atomic mass is 16.3. The molecule has 6 nitrogen and oxygen atoms in total. The van der Waals surface area contributed by atoms with Crippen LogP contribution < -0.4 is 5.32 Å². The quantitative estimate of drug-likeness (QED) is 0.875. The number of oxazole rings is 1. The van der Waals surface area contributed by atoms with Crippen molar-refractivity contribution < 1.29 is 9.21 Å². The van der Waals surface area contributed by atoms with Crippen LogP contribution in [0.25, 0.3) is 0 Å². The third-order valence-corrected chi connectivity index (χ3v) is 5.08. The van der Waals surface area contributed by atoms with Crippen LogP contribution in [-0.4, -0.2) is 39.9 Å². The largest absolute Gasteiger partial charge is 0.448 e. The molecule has 1 saturated heterocycles. The number of hydrogen-bond acceptors (Lipinski definition) is 5. The molecule has 2 aromatic rings. The Morgan fingerprint density at radius 1 is 1.40 bits per heavy atom. The Labute approximate surface area is 147 Å². The summed E-state index contributed by atoms with van der Waals surface area (Å²) >= 11 is 0. The summed E-state index contributed by atoms with van der Waals surface area (Å²) in [5.74, 6) is 1.34. The first-order valence-corrected chi connectivity index (χ1v) is 9.09. The molecule has 1 aliphatic carbocycles. The number of carbonyl (C=O) groups excluding carboxylic acids is 1. The van der Waals surface area contributed by atoms with E-state index in [-0.39, 0.29) is 5.91 Å². The number of nitrogens with zero attached hydrogens (tertiary/aromatic N) is 3. The number of aryl methyl sites for hydroxylation is 1. The Morgan fingerprint density at radius 2 is 2.28 bits per heavy atom. The maximum atomic E-state index is 12.4. The Hall–Kier alpha value is -2.21. The number of aromatic nitrogens is 2. The van der Waals surface area contributed by atoms with Gasteiger partial charge in [-0.05, 0) is 50.8 Å². The topological polar surface area (TPSA) is 71.3 Å². The summed E-state index contributed by atoms with van der Waals surface area (Å²) in [7, 11) is 0. The minimum Gasteiger partial charge on any atom is -0.448 e. The molecule has 1 aliphatic heterocycles. The van der Waals surface area contributed by atoms with Gasteiger partial charge in [-0.3, -0.25) is 14.7 Å².